The fourth-order valence-electron chi connectivity index (χ4n) is 2.21. The second-order valence-electron chi connectivity index (χ2n) is 4.97. The third kappa shape index (κ3) is 3.71. The highest BCUT2D eigenvalue weighted by Crippen LogP contribution is 2.25. The standard InChI is InChI=1S/C19H15ClN2O/c20-15-11-12-18(23)17(13-15)19(14-7-3-1-4-8-14)22-21-16-9-5-2-6-10-16/h1-13,21,23H/b22-19-. The predicted molar refractivity (Wildman–Crippen MR) is 95.3 cm³/mol. The van der Waals surface area contributed by atoms with Gasteiger partial charge >= 0.3 is 0 Å². The van der Waals surface area contributed by atoms with Crippen LogP contribution in [-0.2, 0) is 0 Å². The molecule has 0 heterocycles. The van der Waals surface area contributed by atoms with E-state index < -0.39 is 0 Å². The summed E-state index contributed by atoms with van der Waals surface area (Å²) in [6, 6.07) is 24.2. The first kappa shape index (κ1) is 15.1. The number of halogens is 1. The highest BCUT2D eigenvalue weighted by molar-refractivity contribution is 6.31. The van der Waals surface area contributed by atoms with Crippen molar-refractivity contribution in [3.05, 3.63) is 95.0 Å². The smallest absolute Gasteiger partial charge is 0.125 e. The fraction of sp³-hybridized carbons (Fsp3) is 0. The lowest BCUT2D eigenvalue weighted by Gasteiger charge is -2.10. The SMILES string of the molecule is Oc1ccc(Cl)cc1/C(=N\Nc1ccccc1)c1ccccc1. The number of para-hydroxylation sites is 1. The molecule has 3 aromatic rings. The van der Waals surface area contributed by atoms with Crippen LogP contribution in [0.1, 0.15) is 11.1 Å². The highest BCUT2D eigenvalue weighted by atomic mass is 35.5. The van der Waals surface area contributed by atoms with Crippen LogP contribution < -0.4 is 5.43 Å². The zero-order valence-corrected chi connectivity index (χ0v) is 13.0. The quantitative estimate of drug-likeness (QED) is 0.529. The summed E-state index contributed by atoms with van der Waals surface area (Å²) in [5.74, 6) is 0.131. The predicted octanol–water partition coefficient (Wildman–Crippen LogP) is 4.91. The Balaban J connectivity index is 2.05. The van der Waals surface area contributed by atoms with Crippen molar-refractivity contribution in [3.63, 3.8) is 0 Å². The molecule has 0 spiro atoms. The molecule has 0 aliphatic heterocycles. The molecule has 0 aromatic heterocycles. The van der Waals surface area contributed by atoms with E-state index in [4.69, 9.17) is 11.6 Å². The van der Waals surface area contributed by atoms with Gasteiger partial charge in [0.2, 0.25) is 0 Å². The summed E-state index contributed by atoms with van der Waals surface area (Å²) in [5, 5.41) is 15.2. The number of hydrogen-bond acceptors (Lipinski definition) is 3. The van der Waals surface area contributed by atoms with E-state index in [1.165, 1.54) is 0 Å². The van der Waals surface area contributed by atoms with Crippen molar-refractivity contribution in [3.8, 4) is 5.75 Å². The van der Waals surface area contributed by atoms with Gasteiger partial charge in [0.1, 0.15) is 11.5 Å². The van der Waals surface area contributed by atoms with Gasteiger partial charge in [-0.25, -0.2) is 0 Å². The van der Waals surface area contributed by atoms with Gasteiger partial charge in [0.25, 0.3) is 0 Å². The van der Waals surface area contributed by atoms with Crippen molar-refractivity contribution < 1.29 is 5.11 Å². The zero-order chi connectivity index (χ0) is 16.1. The third-order valence-corrected chi connectivity index (χ3v) is 3.57. The Labute approximate surface area is 139 Å². The van der Waals surface area contributed by atoms with E-state index in [0.29, 0.717) is 16.3 Å². The van der Waals surface area contributed by atoms with Gasteiger partial charge in [0.05, 0.1) is 5.69 Å². The van der Waals surface area contributed by atoms with E-state index in [1.807, 2.05) is 60.7 Å². The molecule has 0 amide bonds. The normalized spacial score (nSPS) is 11.3. The van der Waals surface area contributed by atoms with E-state index >= 15 is 0 Å². The van der Waals surface area contributed by atoms with Crippen molar-refractivity contribution in [1.29, 1.82) is 0 Å². The molecule has 2 N–H and O–H groups in total. The molecule has 3 aromatic carbocycles. The van der Waals surface area contributed by atoms with E-state index in [1.54, 1.807) is 18.2 Å². The van der Waals surface area contributed by atoms with Crippen molar-refractivity contribution in [2.45, 2.75) is 0 Å². The van der Waals surface area contributed by atoms with Gasteiger partial charge in [0, 0.05) is 16.1 Å². The molecule has 3 rings (SSSR count). The van der Waals surface area contributed by atoms with E-state index in [9.17, 15) is 5.11 Å². The number of aromatic hydroxyl groups is 1. The van der Waals surface area contributed by atoms with Gasteiger partial charge in [-0.05, 0) is 30.3 Å². The molecular formula is C19H15ClN2O. The second-order valence-corrected chi connectivity index (χ2v) is 5.40. The highest BCUT2D eigenvalue weighted by Gasteiger charge is 2.12. The molecule has 0 bridgehead atoms. The lowest BCUT2D eigenvalue weighted by Crippen LogP contribution is -2.07. The van der Waals surface area contributed by atoms with Gasteiger partial charge in [-0.2, -0.15) is 5.10 Å². The van der Waals surface area contributed by atoms with Gasteiger partial charge < -0.3 is 5.11 Å². The van der Waals surface area contributed by atoms with Gasteiger partial charge in [-0.15, -0.1) is 0 Å². The molecule has 0 unspecified atom stereocenters. The number of nitrogens with one attached hydrogen (secondary N) is 1. The van der Waals surface area contributed by atoms with Crippen LogP contribution in [0.4, 0.5) is 5.69 Å². The average molecular weight is 323 g/mol. The summed E-state index contributed by atoms with van der Waals surface area (Å²) in [7, 11) is 0. The first-order valence-corrected chi connectivity index (χ1v) is 7.55. The number of hydrazone groups is 1. The zero-order valence-electron chi connectivity index (χ0n) is 12.3. The molecule has 0 saturated heterocycles. The molecule has 23 heavy (non-hydrogen) atoms. The Hall–Kier alpha value is -2.78. The first-order chi connectivity index (χ1) is 11.2. The molecule has 0 aliphatic rings. The number of phenolic OH excluding ortho intramolecular Hbond substituents is 1. The summed E-state index contributed by atoms with van der Waals surface area (Å²) in [4.78, 5) is 0. The van der Waals surface area contributed by atoms with Crippen LogP contribution >= 0.6 is 11.6 Å². The Morgan fingerprint density at radius 3 is 2.22 bits per heavy atom. The van der Waals surface area contributed by atoms with Crippen molar-refractivity contribution in [1.82, 2.24) is 0 Å². The summed E-state index contributed by atoms with van der Waals surface area (Å²) < 4.78 is 0. The molecule has 4 heteroatoms. The maximum absolute atomic E-state index is 10.2. The van der Waals surface area contributed by atoms with E-state index in [-0.39, 0.29) is 5.75 Å². The minimum atomic E-state index is 0.131. The summed E-state index contributed by atoms with van der Waals surface area (Å²) >= 11 is 6.08. The Bertz CT molecular complexity index is 817. The summed E-state index contributed by atoms with van der Waals surface area (Å²) in [6.45, 7) is 0. The maximum Gasteiger partial charge on any atom is 0.125 e. The van der Waals surface area contributed by atoms with Crippen molar-refractivity contribution in [2.24, 2.45) is 5.10 Å². The minimum absolute atomic E-state index is 0.131. The number of anilines is 1. The molecule has 114 valence electrons. The molecule has 0 aliphatic carbocycles. The molecule has 0 saturated carbocycles. The molecule has 0 fully saturated rings. The Morgan fingerprint density at radius 1 is 0.870 bits per heavy atom. The molecule has 0 atom stereocenters. The first-order valence-electron chi connectivity index (χ1n) is 7.17. The maximum atomic E-state index is 10.2. The Kier molecular flexibility index (Phi) is 4.60. The van der Waals surface area contributed by atoms with Crippen LogP contribution in [-0.4, -0.2) is 10.8 Å². The summed E-state index contributed by atoms with van der Waals surface area (Å²) in [5.41, 5.74) is 5.96. The van der Waals surface area contributed by atoms with Crippen LogP contribution in [0.2, 0.25) is 5.02 Å². The lowest BCUT2D eigenvalue weighted by molar-refractivity contribution is 0.474. The van der Waals surface area contributed by atoms with E-state index in [2.05, 4.69) is 10.5 Å². The van der Waals surface area contributed by atoms with Gasteiger partial charge in [0.15, 0.2) is 0 Å². The summed E-state index contributed by atoms with van der Waals surface area (Å²) in [6.07, 6.45) is 0. The second kappa shape index (κ2) is 6.99. The minimum Gasteiger partial charge on any atom is -0.507 e. The lowest BCUT2D eigenvalue weighted by atomic mass is 10.0. The third-order valence-electron chi connectivity index (χ3n) is 3.33. The van der Waals surface area contributed by atoms with Crippen molar-refractivity contribution >= 4 is 23.0 Å². The van der Waals surface area contributed by atoms with Crippen molar-refractivity contribution in [2.75, 3.05) is 5.43 Å². The number of rotatable bonds is 4. The largest absolute Gasteiger partial charge is 0.507 e. The average Bonchev–Trinajstić information content (AvgIpc) is 2.60. The molecular weight excluding hydrogens is 308 g/mol. The van der Waals surface area contributed by atoms with Crippen LogP contribution in [0, 0.1) is 0 Å². The molecule has 0 radical (unpaired) electrons. The number of hydrogen-bond donors (Lipinski definition) is 2. The monoisotopic (exact) mass is 322 g/mol. The van der Waals surface area contributed by atoms with Crippen LogP contribution in [0.3, 0.4) is 0 Å². The number of phenols is 1. The van der Waals surface area contributed by atoms with E-state index in [0.717, 1.165) is 11.3 Å². The van der Waals surface area contributed by atoms with Crippen LogP contribution in [0.25, 0.3) is 0 Å². The van der Waals surface area contributed by atoms with Crippen LogP contribution in [0.15, 0.2) is 84.0 Å². The van der Waals surface area contributed by atoms with Gasteiger partial charge in [-0.1, -0.05) is 60.1 Å². The topological polar surface area (TPSA) is 44.6 Å². The Morgan fingerprint density at radius 2 is 1.52 bits per heavy atom. The number of nitrogens with zero attached hydrogens (tertiary/aromatic N) is 1. The fourth-order valence-corrected chi connectivity index (χ4v) is 2.38. The molecule has 3 nitrogen and oxygen atoms in total. The van der Waals surface area contributed by atoms with Gasteiger partial charge in [-0.3, -0.25) is 5.43 Å². The van der Waals surface area contributed by atoms with Crippen LogP contribution in [0.5, 0.6) is 5.75 Å². The number of benzene rings is 3.